The van der Waals surface area contributed by atoms with Crippen molar-refractivity contribution in [2.75, 3.05) is 4.72 Å². The van der Waals surface area contributed by atoms with Crippen molar-refractivity contribution in [2.24, 2.45) is 0 Å². The molecule has 1 heterocycles. The highest BCUT2D eigenvalue weighted by Crippen LogP contribution is 2.23. The third kappa shape index (κ3) is 3.21. The lowest BCUT2D eigenvalue weighted by Crippen LogP contribution is -2.29. The standard InChI is InChI=1S/C10H7Cl2N3O4S/c11-5-1-6(12)3-7(2-5)15-20(18,19)8-4-13-10(17)14-9(8)16/h1-4,15H,(H2,13,14,16,17). The summed E-state index contributed by atoms with van der Waals surface area (Å²) in [7, 11) is -4.18. The largest absolute Gasteiger partial charge is 0.325 e. The molecule has 3 N–H and O–H groups in total. The number of nitrogens with one attached hydrogen (secondary N) is 3. The smallest absolute Gasteiger partial charge is 0.313 e. The molecule has 0 bridgehead atoms. The minimum absolute atomic E-state index is 0.0908. The summed E-state index contributed by atoms with van der Waals surface area (Å²) in [5.41, 5.74) is -1.75. The highest BCUT2D eigenvalue weighted by molar-refractivity contribution is 7.92. The van der Waals surface area contributed by atoms with Crippen molar-refractivity contribution in [3.8, 4) is 0 Å². The van der Waals surface area contributed by atoms with Crippen LogP contribution in [0.2, 0.25) is 10.0 Å². The zero-order chi connectivity index (χ0) is 14.9. The van der Waals surface area contributed by atoms with Gasteiger partial charge in [-0.1, -0.05) is 23.2 Å². The molecule has 7 nitrogen and oxygen atoms in total. The molecule has 0 aliphatic carbocycles. The Bertz CT molecular complexity index is 852. The van der Waals surface area contributed by atoms with Crippen LogP contribution in [0.4, 0.5) is 5.69 Å². The molecule has 1 aromatic carbocycles. The van der Waals surface area contributed by atoms with Crippen molar-refractivity contribution < 1.29 is 8.42 Å². The number of halogens is 2. The molecule has 20 heavy (non-hydrogen) atoms. The molecule has 0 saturated heterocycles. The van der Waals surface area contributed by atoms with Gasteiger partial charge in [-0.2, -0.15) is 0 Å². The monoisotopic (exact) mass is 335 g/mol. The first-order chi connectivity index (χ1) is 9.28. The van der Waals surface area contributed by atoms with Crippen LogP contribution in [0.1, 0.15) is 0 Å². The van der Waals surface area contributed by atoms with Gasteiger partial charge in [0.1, 0.15) is 0 Å². The van der Waals surface area contributed by atoms with E-state index in [0.29, 0.717) is 0 Å². The van der Waals surface area contributed by atoms with Crippen molar-refractivity contribution in [3.63, 3.8) is 0 Å². The topological polar surface area (TPSA) is 112 Å². The summed E-state index contributed by atoms with van der Waals surface area (Å²) in [6.45, 7) is 0. The number of anilines is 1. The number of hydrogen-bond acceptors (Lipinski definition) is 4. The Kier molecular flexibility index (Phi) is 3.89. The van der Waals surface area contributed by atoms with Gasteiger partial charge in [0.25, 0.3) is 15.6 Å². The van der Waals surface area contributed by atoms with Crippen LogP contribution >= 0.6 is 23.2 Å². The summed E-state index contributed by atoms with van der Waals surface area (Å²) < 4.78 is 26.2. The Morgan fingerprint density at radius 3 is 2.20 bits per heavy atom. The van der Waals surface area contributed by atoms with Crippen molar-refractivity contribution in [1.82, 2.24) is 9.97 Å². The molecule has 0 unspecified atom stereocenters. The van der Waals surface area contributed by atoms with Gasteiger partial charge in [0.05, 0.1) is 5.69 Å². The molecule has 10 heteroatoms. The summed E-state index contributed by atoms with van der Waals surface area (Å²) in [6.07, 6.45) is 0.801. The molecule has 0 aliphatic rings. The number of benzene rings is 1. The minimum atomic E-state index is -4.18. The number of sulfonamides is 1. The second-order valence-electron chi connectivity index (χ2n) is 3.70. The van der Waals surface area contributed by atoms with Gasteiger partial charge in [-0.05, 0) is 18.2 Å². The molecule has 0 fully saturated rings. The van der Waals surface area contributed by atoms with E-state index < -0.39 is 26.2 Å². The molecule has 2 aromatic rings. The van der Waals surface area contributed by atoms with E-state index in [9.17, 15) is 18.0 Å². The van der Waals surface area contributed by atoms with E-state index in [1.165, 1.54) is 18.2 Å². The first-order valence-electron chi connectivity index (χ1n) is 5.09. The normalized spacial score (nSPS) is 11.3. The summed E-state index contributed by atoms with van der Waals surface area (Å²) in [5.74, 6) is 0. The number of aromatic nitrogens is 2. The zero-order valence-electron chi connectivity index (χ0n) is 9.61. The number of aromatic amines is 2. The van der Waals surface area contributed by atoms with Gasteiger partial charge in [-0.3, -0.25) is 14.5 Å². The molecule has 106 valence electrons. The van der Waals surface area contributed by atoms with Crippen LogP contribution in [0.5, 0.6) is 0 Å². The van der Waals surface area contributed by atoms with E-state index in [1.54, 1.807) is 0 Å². The maximum atomic E-state index is 12.0. The van der Waals surface area contributed by atoms with E-state index in [4.69, 9.17) is 23.2 Å². The third-order valence-corrected chi connectivity index (χ3v) is 4.01. The average molecular weight is 336 g/mol. The molecule has 0 aliphatic heterocycles. The second kappa shape index (κ2) is 5.31. The van der Waals surface area contributed by atoms with E-state index in [1.807, 2.05) is 4.98 Å². The lowest BCUT2D eigenvalue weighted by Gasteiger charge is -2.07. The van der Waals surface area contributed by atoms with Gasteiger partial charge < -0.3 is 4.98 Å². The SMILES string of the molecule is O=c1[nH]cc(S(=O)(=O)Nc2cc(Cl)cc(Cl)c2)c(=O)[nH]1. The van der Waals surface area contributed by atoms with Gasteiger partial charge in [-0.15, -0.1) is 0 Å². The van der Waals surface area contributed by atoms with Gasteiger partial charge in [0.15, 0.2) is 4.90 Å². The van der Waals surface area contributed by atoms with Gasteiger partial charge >= 0.3 is 5.69 Å². The molecule has 0 spiro atoms. The number of hydrogen-bond donors (Lipinski definition) is 3. The molecule has 0 radical (unpaired) electrons. The molecular formula is C10H7Cl2N3O4S. The molecule has 1 aromatic heterocycles. The predicted molar refractivity (Wildman–Crippen MR) is 75.0 cm³/mol. The molecule has 2 rings (SSSR count). The second-order valence-corrected chi connectivity index (χ2v) is 6.22. The van der Waals surface area contributed by atoms with Crippen molar-refractivity contribution in [3.05, 3.63) is 55.3 Å². The molecule has 0 amide bonds. The maximum Gasteiger partial charge on any atom is 0.325 e. The Morgan fingerprint density at radius 2 is 1.65 bits per heavy atom. The van der Waals surface area contributed by atoms with Gasteiger partial charge in [-0.25, -0.2) is 13.2 Å². The van der Waals surface area contributed by atoms with Crippen molar-refractivity contribution >= 4 is 38.9 Å². The fraction of sp³-hybridized carbons (Fsp3) is 0. The fourth-order valence-electron chi connectivity index (χ4n) is 1.42. The van der Waals surface area contributed by atoms with E-state index in [-0.39, 0.29) is 15.7 Å². The van der Waals surface area contributed by atoms with E-state index in [2.05, 4.69) is 9.71 Å². The number of H-pyrrole nitrogens is 2. The Balaban J connectivity index is 2.46. The van der Waals surface area contributed by atoms with E-state index >= 15 is 0 Å². The Morgan fingerprint density at radius 1 is 1.05 bits per heavy atom. The minimum Gasteiger partial charge on any atom is -0.313 e. The van der Waals surface area contributed by atoms with E-state index in [0.717, 1.165) is 6.20 Å². The van der Waals surface area contributed by atoms with Gasteiger partial charge in [0.2, 0.25) is 0 Å². The van der Waals surface area contributed by atoms with Gasteiger partial charge in [0, 0.05) is 16.2 Å². The molecular weight excluding hydrogens is 329 g/mol. The zero-order valence-corrected chi connectivity index (χ0v) is 11.9. The molecule has 0 saturated carbocycles. The predicted octanol–water partition coefficient (Wildman–Crippen LogP) is 1.17. The summed E-state index contributed by atoms with van der Waals surface area (Å²) >= 11 is 11.5. The number of rotatable bonds is 3. The third-order valence-electron chi connectivity index (χ3n) is 2.19. The maximum absolute atomic E-state index is 12.0. The quantitative estimate of drug-likeness (QED) is 0.781. The van der Waals surface area contributed by atoms with Crippen LogP contribution in [0.3, 0.4) is 0 Å². The average Bonchev–Trinajstić information content (AvgIpc) is 2.25. The first-order valence-corrected chi connectivity index (χ1v) is 7.33. The Labute approximate surface area is 122 Å². The van der Waals surface area contributed by atoms with Crippen LogP contribution in [-0.4, -0.2) is 18.4 Å². The Hall–Kier alpha value is -1.77. The summed E-state index contributed by atoms with van der Waals surface area (Å²) in [4.78, 5) is 25.6. The van der Waals surface area contributed by atoms with Crippen LogP contribution in [0.25, 0.3) is 0 Å². The van der Waals surface area contributed by atoms with Crippen LogP contribution < -0.4 is 16.0 Å². The highest BCUT2D eigenvalue weighted by Gasteiger charge is 2.19. The fourth-order valence-corrected chi connectivity index (χ4v) is 2.99. The van der Waals surface area contributed by atoms with Crippen molar-refractivity contribution in [2.45, 2.75) is 4.90 Å². The summed E-state index contributed by atoms with van der Waals surface area (Å²) in [6, 6.07) is 4.07. The van der Waals surface area contributed by atoms with Crippen molar-refractivity contribution in [1.29, 1.82) is 0 Å². The first kappa shape index (κ1) is 14.6. The highest BCUT2D eigenvalue weighted by atomic mass is 35.5. The van der Waals surface area contributed by atoms with Crippen LogP contribution in [0.15, 0.2) is 38.9 Å². The lowest BCUT2D eigenvalue weighted by atomic mass is 10.3. The molecule has 0 atom stereocenters. The van der Waals surface area contributed by atoms with Crippen LogP contribution in [0, 0.1) is 0 Å². The summed E-state index contributed by atoms with van der Waals surface area (Å²) in [5, 5.41) is 0.455. The lowest BCUT2D eigenvalue weighted by molar-refractivity contribution is 0.599. The van der Waals surface area contributed by atoms with Crippen LogP contribution in [-0.2, 0) is 10.0 Å².